The Kier molecular flexibility index (Phi) is 3.12. The quantitative estimate of drug-likeness (QED) is 0.706. The third-order valence-corrected chi connectivity index (χ3v) is 3.98. The molecule has 1 aromatic heterocycles. The predicted molar refractivity (Wildman–Crippen MR) is 67.6 cm³/mol. The average molecular weight is 332 g/mol. The summed E-state index contributed by atoms with van der Waals surface area (Å²) in [4.78, 5) is 24.7. The standard InChI is InChI=1S/C10H12N4O7S/c1-2-13-7-5(3-11-13)6-4-12(8(7)9(15)16)10(17)14(6)21-22(18,19)20/h3,6,8H,2,4H2,1H3,(H,15,16)(H,18,19,20)/t6-,8-/m0/s1. The van der Waals surface area contributed by atoms with Gasteiger partial charge in [0.15, 0.2) is 6.04 Å². The fourth-order valence-electron chi connectivity index (χ4n) is 2.84. The van der Waals surface area contributed by atoms with Gasteiger partial charge >= 0.3 is 22.4 Å². The van der Waals surface area contributed by atoms with Gasteiger partial charge in [-0.15, -0.1) is 4.28 Å². The first-order valence-electron chi connectivity index (χ1n) is 6.29. The Morgan fingerprint density at radius 3 is 2.77 bits per heavy atom. The summed E-state index contributed by atoms with van der Waals surface area (Å²) in [6.45, 7) is 2.06. The Labute approximate surface area is 124 Å². The molecule has 3 heterocycles. The monoisotopic (exact) mass is 332 g/mol. The zero-order valence-corrected chi connectivity index (χ0v) is 12.1. The number of carbonyl (C=O) groups is 2. The summed E-state index contributed by atoms with van der Waals surface area (Å²) in [5, 5.41) is 13.9. The number of aryl methyl sites for hydroxylation is 1. The lowest BCUT2D eigenvalue weighted by atomic mass is 9.98. The van der Waals surface area contributed by atoms with Gasteiger partial charge in [0.2, 0.25) is 0 Å². The zero-order chi connectivity index (χ0) is 16.2. The molecule has 0 aromatic carbocycles. The van der Waals surface area contributed by atoms with E-state index in [0.717, 1.165) is 4.90 Å². The lowest BCUT2D eigenvalue weighted by molar-refractivity contribution is -0.142. The molecule has 0 aliphatic carbocycles. The summed E-state index contributed by atoms with van der Waals surface area (Å²) in [6.07, 6.45) is 1.37. The Bertz CT molecular complexity index is 757. The van der Waals surface area contributed by atoms with E-state index in [1.807, 2.05) is 0 Å². The van der Waals surface area contributed by atoms with Crippen LogP contribution in [0.4, 0.5) is 4.79 Å². The van der Waals surface area contributed by atoms with Gasteiger partial charge < -0.3 is 10.0 Å². The lowest BCUT2D eigenvalue weighted by Crippen LogP contribution is -2.39. The van der Waals surface area contributed by atoms with Crippen LogP contribution in [0.1, 0.15) is 30.3 Å². The van der Waals surface area contributed by atoms with Gasteiger partial charge in [0, 0.05) is 12.1 Å². The van der Waals surface area contributed by atoms with E-state index in [4.69, 9.17) is 4.55 Å². The maximum absolute atomic E-state index is 12.2. The molecule has 2 aliphatic heterocycles. The second kappa shape index (κ2) is 4.66. The normalized spacial score (nSPS) is 23.8. The first kappa shape index (κ1) is 14.7. The summed E-state index contributed by atoms with van der Waals surface area (Å²) < 4.78 is 36.3. The van der Waals surface area contributed by atoms with Crippen molar-refractivity contribution in [1.29, 1.82) is 0 Å². The van der Waals surface area contributed by atoms with Crippen molar-refractivity contribution in [3.05, 3.63) is 17.5 Å². The van der Waals surface area contributed by atoms with Crippen molar-refractivity contribution in [2.45, 2.75) is 25.6 Å². The number of fused-ring (bicyclic) bond motifs is 4. The number of carboxylic acids is 1. The van der Waals surface area contributed by atoms with Crippen LogP contribution in [0.5, 0.6) is 0 Å². The fraction of sp³-hybridized carbons (Fsp3) is 0.500. The molecule has 1 fully saturated rings. The van der Waals surface area contributed by atoms with Gasteiger partial charge in [-0.25, -0.2) is 9.59 Å². The van der Waals surface area contributed by atoms with Crippen molar-refractivity contribution in [3.8, 4) is 0 Å². The van der Waals surface area contributed by atoms with Crippen LogP contribution in [-0.4, -0.2) is 56.4 Å². The van der Waals surface area contributed by atoms with Crippen molar-refractivity contribution in [2.24, 2.45) is 0 Å². The van der Waals surface area contributed by atoms with Gasteiger partial charge in [-0.1, -0.05) is 0 Å². The molecule has 3 rings (SSSR count). The predicted octanol–water partition coefficient (Wildman–Crippen LogP) is -0.445. The highest BCUT2D eigenvalue weighted by atomic mass is 32.3. The summed E-state index contributed by atoms with van der Waals surface area (Å²) in [5.74, 6) is -1.27. The molecule has 0 radical (unpaired) electrons. The number of carbonyl (C=O) groups excluding carboxylic acids is 1. The number of hydroxylamine groups is 2. The molecule has 0 spiro atoms. The van der Waals surface area contributed by atoms with E-state index in [0.29, 0.717) is 22.9 Å². The van der Waals surface area contributed by atoms with E-state index in [2.05, 4.69) is 9.38 Å². The molecular formula is C10H12N4O7S. The van der Waals surface area contributed by atoms with Gasteiger partial charge in [0.05, 0.1) is 18.4 Å². The molecule has 0 saturated carbocycles. The zero-order valence-electron chi connectivity index (χ0n) is 11.3. The number of nitrogens with zero attached hydrogens (tertiary/aromatic N) is 4. The Morgan fingerprint density at radius 1 is 1.55 bits per heavy atom. The number of aliphatic carboxylic acids is 1. The molecule has 11 nitrogen and oxygen atoms in total. The highest BCUT2D eigenvalue weighted by molar-refractivity contribution is 7.80. The smallest absolute Gasteiger partial charge is 0.418 e. The second-order valence-electron chi connectivity index (χ2n) is 4.82. The molecule has 1 aromatic rings. The molecular weight excluding hydrogens is 320 g/mol. The molecule has 12 heteroatoms. The highest BCUT2D eigenvalue weighted by Crippen LogP contribution is 2.44. The lowest BCUT2D eigenvalue weighted by Gasteiger charge is -2.28. The molecule has 0 unspecified atom stereocenters. The second-order valence-corrected chi connectivity index (χ2v) is 5.83. The van der Waals surface area contributed by atoms with Crippen LogP contribution in [-0.2, 0) is 26.0 Å². The van der Waals surface area contributed by atoms with E-state index in [1.54, 1.807) is 6.92 Å². The maximum atomic E-state index is 12.2. The van der Waals surface area contributed by atoms with Crippen LogP contribution in [0, 0.1) is 0 Å². The SMILES string of the molecule is CCn1ncc2c1[C@@H](C(=O)O)N1C[C@@H]2N(OS(=O)(=O)O)C1=O. The molecule has 2 aliphatic rings. The minimum Gasteiger partial charge on any atom is -0.479 e. The molecule has 2 N–H and O–H groups in total. The van der Waals surface area contributed by atoms with Crippen LogP contribution in [0.3, 0.4) is 0 Å². The van der Waals surface area contributed by atoms with Crippen LogP contribution in [0.2, 0.25) is 0 Å². The fourth-order valence-corrected chi connectivity index (χ4v) is 3.21. The first-order chi connectivity index (χ1) is 10.2. The van der Waals surface area contributed by atoms with Crippen LogP contribution in [0.15, 0.2) is 6.20 Å². The molecule has 1 saturated heterocycles. The summed E-state index contributed by atoms with van der Waals surface area (Å²) in [7, 11) is -4.91. The topological polar surface area (TPSA) is 142 Å². The van der Waals surface area contributed by atoms with E-state index >= 15 is 0 Å². The molecule has 2 atom stereocenters. The van der Waals surface area contributed by atoms with Crippen molar-refractivity contribution in [3.63, 3.8) is 0 Å². The van der Waals surface area contributed by atoms with Crippen LogP contribution >= 0.6 is 0 Å². The number of rotatable bonds is 4. The molecule has 22 heavy (non-hydrogen) atoms. The Morgan fingerprint density at radius 2 is 2.23 bits per heavy atom. The van der Waals surface area contributed by atoms with Crippen LogP contribution < -0.4 is 0 Å². The number of urea groups is 1. The van der Waals surface area contributed by atoms with Gasteiger partial charge in [0.1, 0.15) is 6.04 Å². The number of aromatic nitrogens is 2. The van der Waals surface area contributed by atoms with E-state index < -0.39 is 34.5 Å². The van der Waals surface area contributed by atoms with Crippen LogP contribution in [0.25, 0.3) is 0 Å². The Hall–Kier alpha value is -2.18. The van der Waals surface area contributed by atoms with Gasteiger partial charge in [-0.05, 0) is 6.92 Å². The van der Waals surface area contributed by atoms with Gasteiger partial charge in [-0.3, -0.25) is 9.23 Å². The largest absolute Gasteiger partial charge is 0.479 e. The summed E-state index contributed by atoms with van der Waals surface area (Å²) in [5.41, 5.74) is 0.668. The molecule has 2 bridgehead atoms. The first-order valence-corrected chi connectivity index (χ1v) is 7.66. The minimum absolute atomic E-state index is 0.0757. The maximum Gasteiger partial charge on any atom is 0.418 e. The number of amides is 2. The van der Waals surface area contributed by atoms with Crippen molar-refractivity contribution in [1.82, 2.24) is 19.7 Å². The van der Waals surface area contributed by atoms with E-state index in [1.165, 1.54) is 10.9 Å². The summed E-state index contributed by atoms with van der Waals surface area (Å²) in [6, 6.07) is -3.11. The third kappa shape index (κ3) is 2.03. The number of hydrogen-bond donors (Lipinski definition) is 2. The molecule has 2 amide bonds. The van der Waals surface area contributed by atoms with Crippen molar-refractivity contribution < 1.29 is 31.9 Å². The van der Waals surface area contributed by atoms with Crippen molar-refractivity contribution >= 4 is 22.4 Å². The number of hydrogen-bond acceptors (Lipinski definition) is 6. The molecule has 120 valence electrons. The Balaban J connectivity index is 2.13. The number of carboxylic acid groups (broad SMARTS) is 1. The van der Waals surface area contributed by atoms with E-state index in [9.17, 15) is 23.1 Å². The average Bonchev–Trinajstić information content (AvgIpc) is 2.94. The van der Waals surface area contributed by atoms with Gasteiger partial charge in [0.25, 0.3) is 0 Å². The minimum atomic E-state index is -4.91. The highest BCUT2D eigenvalue weighted by Gasteiger charge is 2.54. The van der Waals surface area contributed by atoms with Gasteiger partial charge in [-0.2, -0.15) is 18.6 Å². The van der Waals surface area contributed by atoms with Crippen molar-refractivity contribution in [2.75, 3.05) is 6.54 Å². The summed E-state index contributed by atoms with van der Waals surface area (Å²) >= 11 is 0. The third-order valence-electron chi connectivity index (χ3n) is 3.63. The van der Waals surface area contributed by atoms with E-state index in [-0.39, 0.29) is 6.54 Å².